The van der Waals surface area contributed by atoms with E-state index in [0.717, 1.165) is 53.0 Å². The van der Waals surface area contributed by atoms with Crippen LogP contribution in [0.25, 0.3) is 28.2 Å². The molecule has 1 aliphatic carbocycles. The molecular weight excluding hydrogens is 436 g/mol. The van der Waals surface area contributed by atoms with Crippen LogP contribution in [0.3, 0.4) is 0 Å². The fourth-order valence-electron chi connectivity index (χ4n) is 4.65. The van der Waals surface area contributed by atoms with Crippen molar-refractivity contribution in [2.75, 3.05) is 0 Å². The van der Waals surface area contributed by atoms with Crippen molar-refractivity contribution in [3.8, 4) is 28.6 Å². The molecule has 0 radical (unpaired) electrons. The van der Waals surface area contributed by atoms with Gasteiger partial charge in [-0.15, -0.1) is 0 Å². The maximum Gasteiger partial charge on any atom is 0.408 e. The number of nitriles is 1. The number of benzene rings is 2. The molecule has 0 aliphatic heterocycles. The molecule has 35 heavy (non-hydrogen) atoms. The van der Waals surface area contributed by atoms with E-state index < -0.39 is 11.1 Å². The third kappa shape index (κ3) is 4.38. The van der Waals surface area contributed by atoms with Gasteiger partial charge in [0.1, 0.15) is 17.3 Å². The third-order valence-corrected chi connectivity index (χ3v) is 6.45. The molecule has 176 valence electrons. The number of ether oxygens (including phenoxy) is 1. The molecule has 0 saturated heterocycles. The molecule has 1 N–H and O–H groups in total. The minimum Gasteiger partial charge on any atom is -0.444 e. The van der Waals surface area contributed by atoms with E-state index in [9.17, 15) is 10.1 Å². The van der Waals surface area contributed by atoms with Gasteiger partial charge in [0.15, 0.2) is 0 Å². The number of rotatable bonds is 4. The molecule has 6 heteroatoms. The van der Waals surface area contributed by atoms with E-state index in [1.807, 2.05) is 55.6 Å². The van der Waals surface area contributed by atoms with E-state index >= 15 is 0 Å². The lowest BCUT2D eigenvalue weighted by molar-refractivity contribution is 0.0377. The van der Waals surface area contributed by atoms with E-state index in [-0.39, 0.29) is 6.09 Å². The largest absolute Gasteiger partial charge is 0.444 e. The zero-order chi connectivity index (χ0) is 24.6. The first kappa shape index (κ1) is 22.7. The van der Waals surface area contributed by atoms with Crippen LogP contribution >= 0.6 is 0 Å². The number of alkyl carbamates (subject to hydrolysis) is 1. The lowest BCUT2D eigenvalue weighted by atomic mass is 9.71. The Balaban J connectivity index is 1.53. The summed E-state index contributed by atoms with van der Waals surface area (Å²) in [4.78, 5) is 17.4. The third-order valence-electron chi connectivity index (χ3n) is 6.45. The fraction of sp³-hybridized carbons (Fsp3) is 0.276. The summed E-state index contributed by atoms with van der Waals surface area (Å²) in [5.41, 5.74) is 5.27. The number of amides is 1. The van der Waals surface area contributed by atoms with Crippen LogP contribution in [0, 0.1) is 11.3 Å². The van der Waals surface area contributed by atoms with E-state index in [1.54, 1.807) is 6.07 Å². The molecule has 2 aromatic carbocycles. The maximum absolute atomic E-state index is 12.5. The zero-order valence-corrected chi connectivity index (χ0v) is 20.2. The van der Waals surface area contributed by atoms with Crippen molar-refractivity contribution >= 4 is 11.7 Å². The van der Waals surface area contributed by atoms with Crippen LogP contribution in [0.2, 0.25) is 0 Å². The Hall–Kier alpha value is -4.11. The lowest BCUT2D eigenvalue weighted by Gasteiger charge is -2.43. The molecule has 1 amide bonds. The van der Waals surface area contributed by atoms with Gasteiger partial charge in [-0.1, -0.05) is 54.6 Å². The SMILES string of the molecule is CC(C)(C)OC(=O)NC1(c2ccc(-c3nc4ccc(C#N)cn4c3-c3ccccc3)cc2)CCC1. The molecule has 0 atom stereocenters. The molecule has 2 heterocycles. The summed E-state index contributed by atoms with van der Waals surface area (Å²) in [6.45, 7) is 5.61. The smallest absolute Gasteiger partial charge is 0.408 e. The highest BCUT2D eigenvalue weighted by Gasteiger charge is 2.41. The van der Waals surface area contributed by atoms with Gasteiger partial charge in [0, 0.05) is 17.3 Å². The highest BCUT2D eigenvalue weighted by atomic mass is 16.6. The first-order valence-corrected chi connectivity index (χ1v) is 11.9. The predicted octanol–water partition coefficient (Wildman–Crippen LogP) is 6.44. The summed E-state index contributed by atoms with van der Waals surface area (Å²) in [6.07, 6.45) is 4.26. The van der Waals surface area contributed by atoms with Crippen molar-refractivity contribution < 1.29 is 9.53 Å². The first-order chi connectivity index (χ1) is 16.8. The van der Waals surface area contributed by atoms with Crippen LogP contribution in [0.15, 0.2) is 72.9 Å². The summed E-state index contributed by atoms with van der Waals surface area (Å²) < 4.78 is 7.50. The number of carbonyl (C=O) groups excluding carboxylic acids is 1. The van der Waals surface area contributed by atoms with Gasteiger partial charge >= 0.3 is 6.09 Å². The monoisotopic (exact) mass is 464 g/mol. The number of hydrogen-bond acceptors (Lipinski definition) is 4. The number of pyridine rings is 1. The highest BCUT2D eigenvalue weighted by molar-refractivity contribution is 5.82. The summed E-state index contributed by atoms with van der Waals surface area (Å²) in [5.74, 6) is 0. The fourth-order valence-corrected chi connectivity index (χ4v) is 4.65. The minimum atomic E-state index is -0.540. The Morgan fingerprint density at radius 1 is 1.03 bits per heavy atom. The number of aromatic nitrogens is 2. The second-order valence-electron chi connectivity index (χ2n) is 10.1. The molecule has 1 aliphatic rings. The van der Waals surface area contributed by atoms with E-state index in [2.05, 4.69) is 47.8 Å². The molecule has 0 unspecified atom stereocenters. The Kier molecular flexibility index (Phi) is 5.56. The molecular formula is C29H28N4O2. The van der Waals surface area contributed by atoms with Gasteiger partial charge < -0.3 is 10.1 Å². The molecule has 0 spiro atoms. The van der Waals surface area contributed by atoms with Crippen LogP contribution < -0.4 is 5.32 Å². The number of imidazole rings is 1. The van der Waals surface area contributed by atoms with Crippen molar-refractivity contribution in [3.05, 3.63) is 84.1 Å². The number of carbonyl (C=O) groups is 1. The molecule has 0 bridgehead atoms. The molecule has 6 nitrogen and oxygen atoms in total. The van der Waals surface area contributed by atoms with Crippen molar-refractivity contribution in [3.63, 3.8) is 0 Å². The average molecular weight is 465 g/mol. The van der Waals surface area contributed by atoms with Crippen molar-refractivity contribution in [1.82, 2.24) is 14.7 Å². The van der Waals surface area contributed by atoms with E-state index in [4.69, 9.17) is 9.72 Å². The summed E-state index contributed by atoms with van der Waals surface area (Å²) in [5, 5.41) is 12.5. The molecule has 2 aromatic heterocycles. The van der Waals surface area contributed by atoms with E-state index in [1.165, 1.54) is 0 Å². The lowest BCUT2D eigenvalue weighted by Crippen LogP contribution is -2.52. The maximum atomic E-state index is 12.5. The zero-order valence-electron chi connectivity index (χ0n) is 20.2. The van der Waals surface area contributed by atoms with Gasteiger partial charge in [0.25, 0.3) is 0 Å². The molecule has 4 aromatic rings. The van der Waals surface area contributed by atoms with Gasteiger partial charge in [0.2, 0.25) is 0 Å². The van der Waals surface area contributed by atoms with Gasteiger partial charge in [-0.05, 0) is 57.7 Å². The predicted molar refractivity (Wildman–Crippen MR) is 136 cm³/mol. The molecule has 1 saturated carbocycles. The number of fused-ring (bicyclic) bond motifs is 1. The van der Waals surface area contributed by atoms with Gasteiger partial charge in [-0.2, -0.15) is 5.26 Å². The van der Waals surface area contributed by atoms with Gasteiger partial charge in [-0.25, -0.2) is 9.78 Å². The number of nitrogens with one attached hydrogen (secondary N) is 1. The quantitative estimate of drug-likeness (QED) is 0.377. The van der Waals surface area contributed by atoms with Crippen LogP contribution in [0.4, 0.5) is 4.79 Å². The summed E-state index contributed by atoms with van der Waals surface area (Å²) in [6, 6.07) is 24.2. The van der Waals surface area contributed by atoms with Gasteiger partial charge in [-0.3, -0.25) is 4.40 Å². The van der Waals surface area contributed by atoms with Gasteiger partial charge in [0.05, 0.1) is 22.5 Å². The van der Waals surface area contributed by atoms with Crippen LogP contribution in [0.5, 0.6) is 0 Å². The van der Waals surface area contributed by atoms with Crippen molar-refractivity contribution in [2.45, 2.75) is 51.2 Å². The van der Waals surface area contributed by atoms with Crippen LogP contribution in [-0.4, -0.2) is 21.1 Å². The summed E-state index contributed by atoms with van der Waals surface area (Å²) in [7, 11) is 0. The molecule has 5 rings (SSSR count). The summed E-state index contributed by atoms with van der Waals surface area (Å²) >= 11 is 0. The van der Waals surface area contributed by atoms with Crippen LogP contribution in [0.1, 0.15) is 51.2 Å². The second-order valence-corrected chi connectivity index (χ2v) is 10.1. The average Bonchev–Trinajstić information content (AvgIpc) is 3.19. The minimum absolute atomic E-state index is 0.388. The Morgan fingerprint density at radius 3 is 2.34 bits per heavy atom. The first-order valence-electron chi connectivity index (χ1n) is 11.9. The topological polar surface area (TPSA) is 79.4 Å². The van der Waals surface area contributed by atoms with Crippen LogP contribution in [-0.2, 0) is 10.3 Å². The Bertz CT molecular complexity index is 1420. The Morgan fingerprint density at radius 2 is 1.74 bits per heavy atom. The Labute approximate surface area is 205 Å². The molecule has 1 fully saturated rings. The van der Waals surface area contributed by atoms with Crippen molar-refractivity contribution in [1.29, 1.82) is 5.26 Å². The normalized spacial score (nSPS) is 14.7. The standard InChI is InChI=1S/C29H28N4O2/c1-28(2,3)35-27(34)32-29(16-7-17-29)23-13-11-21(12-14-23)25-26(22-8-5-4-6-9-22)33-19-20(18-30)10-15-24(33)31-25/h4-6,8-15,19H,7,16-17H2,1-3H3,(H,32,34). The second kappa shape index (κ2) is 8.59. The number of hydrogen-bond donors (Lipinski definition) is 1. The number of nitrogens with zero attached hydrogens (tertiary/aromatic N) is 3. The van der Waals surface area contributed by atoms with E-state index in [0.29, 0.717) is 5.56 Å². The highest BCUT2D eigenvalue weighted by Crippen LogP contribution is 2.42. The van der Waals surface area contributed by atoms with Crippen molar-refractivity contribution in [2.24, 2.45) is 0 Å².